The predicted octanol–water partition coefficient (Wildman–Crippen LogP) is 6.40. The molecule has 0 aromatic heterocycles. The Kier molecular flexibility index (Phi) is 8.38. The van der Waals surface area contributed by atoms with E-state index in [0.717, 1.165) is 4.90 Å². The molecule has 0 radical (unpaired) electrons. The molecular formula is C26H19Cl2FN2O5S. The highest BCUT2D eigenvalue weighted by Gasteiger charge is 2.36. The van der Waals surface area contributed by atoms with Crippen molar-refractivity contribution >= 4 is 63.8 Å². The molecule has 0 bridgehead atoms. The lowest BCUT2D eigenvalue weighted by atomic mass is 10.1. The Morgan fingerprint density at radius 2 is 1.86 bits per heavy atom. The second-order valence-corrected chi connectivity index (χ2v) is 9.56. The van der Waals surface area contributed by atoms with Gasteiger partial charge in [0.1, 0.15) is 19.0 Å². The fraction of sp³-hybridized carbons (Fsp3) is 0.115. The van der Waals surface area contributed by atoms with Gasteiger partial charge >= 0.3 is 0 Å². The average molecular weight is 561 g/mol. The van der Waals surface area contributed by atoms with Crippen molar-refractivity contribution in [1.82, 2.24) is 4.90 Å². The highest BCUT2D eigenvalue weighted by molar-refractivity contribution is 8.18. The standard InChI is InChI=1S/C26H19Cl2FN2O5S/c1-35-21-11-16(10-19(28)24(21)36-14-15-5-4-6-17(29)9-15)12-22-25(33)31(26(34)37-22)13-23(32)30-20-8-3-2-7-18(20)27/h2-12H,13-14H2,1H3,(H,30,32)/b22-12+. The smallest absolute Gasteiger partial charge is 0.294 e. The first kappa shape index (κ1) is 26.5. The molecule has 0 unspecified atom stereocenters. The number of amides is 3. The van der Waals surface area contributed by atoms with Gasteiger partial charge in [0.05, 0.1) is 27.7 Å². The Morgan fingerprint density at radius 1 is 1.08 bits per heavy atom. The summed E-state index contributed by atoms with van der Waals surface area (Å²) >= 11 is 13.2. The van der Waals surface area contributed by atoms with E-state index in [1.165, 1.54) is 25.3 Å². The third-order valence-corrected chi connectivity index (χ3v) is 6.66. The van der Waals surface area contributed by atoms with E-state index in [-0.39, 0.29) is 33.9 Å². The van der Waals surface area contributed by atoms with Crippen molar-refractivity contribution in [2.45, 2.75) is 6.61 Å². The quantitative estimate of drug-likeness (QED) is 0.321. The van der Waals surface area contributed by atoms with Crippen molar-refractivity contribution in [3.8, 4) is 11.5 Å². The number of nitrogens with zero attached hydrogens (tertiary/aromatic N) is 1. The SMILES string of the molecule is COc1cc(/C=C2/SC(=O)N(CC(=O)Nc3ccccc3Cl)C2=O)cc(Cl)c1OCc1cccc(F)c1. The summed E-state index contributed by atoms with van der Waals surface area (Å²) in [6.45, 7) is -0.410. The van der Waals surface area contributed by atoms with E-state index in [4.69, 9.17) is 32.7 Å². The zero-order valence-corrected chi connectivity index (χ0v) is 21.6. The Bertz CT molecular complexity index is 1420. The summed E-state index contributed by atoms with van der Waals surface area (Å²) in [4.78, 5) is 38.7. The van der Waals surface area contributed by atoms with Crippen LogP contribution in [-0.4, -0.2) is 35.6 Å². The summed E-state index contributed by atoms with van der Waals surface area (Å²) in [5.74, 6) is -1.04. The van der Waals surface area contributed by atoms with Crippen molar-refractivity contribution in [2.24, 2.45) is 0 Å². The molecule has 0 saturated carbocycles. The number of carbonyl (C=O) groups is 3. The molecule has 3 amide bonds. The molecule has 0 atom stereocenters. The van der Waals surface area contributed by atoms with Gasteiger partial charge in [-0.15, -0.1) is 0 Å². The van der Waals surface area contributed by atoms with Crippen LogP contribution in [0.3, 0.4) is 0 Å². The largest absolute Gasteiger partial charge is 0.493 e. The lowest BCUT2D eigenvalue weighted by Gasteiger charge is -2.14. The first-order chi connectivity index (χ1) is 17.7. The molecule has 1 fully saturated rings. The molecule has 3 aromatic carbocycles. The Balaban J connectivity index is 1.48. The first-order valence-electron chi connectivity index (χ1n) is 10.8. The van der Waals surface area contributed by atoms with Gasteiger partial charge in [-0.1, -0.05) is 47.5 Å². The minimum atomic E-state index is -0.620. The van der Waals surface area contributed by atoms with E-state index in [2.05, 4.69) is 5.32 Å². The van der Waals surface area contributed by atoms with Crippen LogP contribution < -0.4 is 14.8 Å². The Morgan fingerprint density at radius 3 is 2.59 bits per heavy atom. The number of thioether (sulfide) groups is 1. The lowest BCUT2D eigenvalue weighted by molar-refractivity contribution is -0.127. The summed E-state index contributed by atoms with van der Waals surface area (Å²) in [7, 11) is 1.43. The number of anilines is 1. The minimum absolute atomic E-state index is 0.0579. The number of benzene rings is 3. The van der Waals surface area contributed by atoms with Crippen LogP contribution in [0, 0.1) is 5.82 Å². The summed E-state index contributed by atoms with van der Waals surface area (Å²) < 4.78 is 24.6. The highest BCUT2D eigenvalue weighted by Crippen LogP contribution is 2.39. The fourth-order valence-electron chi connectivity index (χ4n) is 3.43. The van der Waals surface area contributed by atoms with Crippen LogP contribution in [0.5, 0.6) is 11.5 Å². The number of hydrogen-bond acceptors (Lipinski definition) is 6. The molecule has 37 heavy (non-hydrogen) atoms. The molecule has 0 aliphatic carbocycles. The normalized spacial score (nSPS) is 14.3. The number of rotatable bonds is 8. The van der Waals surface area contributed by atoms with E-state index >= 15 is 0 Å². The minimum Gasteiger partial charge on any atom is -0.493 e. The van der Waals surface area contributed by atoms with Gasteiger partial charge in [-0.05, 0) is 65.4 Å². The van der Waals surface area contributed by atoms with E-state index in [1.807, 2.05) is 0 Å². The Hall–Kier alpha value is -3.53. The maximum absolute atomic E-state index is 13.4. The van der Waals surface area contributed by atoms with Gasteiger partial charge in [-0.2, -0.15) is 0 Å². The molecule has 190 valence electrons. The van der Waals surface area contributed by atoms with Crippen molar-refractivity contribution in [3.63, 3.8) is 0 Å². The number of halogens is 3. The molecule has 3 aromatic rings. The second-order valence-electron chi connectivity index (χ2n) is 7.75. The topological polar surface area (TPSA) is 84.9 Å². The van der Waals surface area contributed by atoms with Gasteiger partial charge in [-0.25, -0.2) is 4.39 Å². The summed E-state index contributed by atoms with van der Waals surface area (Å²) in [6.07, 6.45) is 1.47. The van der Waals surface area contributed by atoms with Gasteiger partial charge in [0.2, 0.25) is 5.91 Å². The van der Waals surface area contributed by atoms with Crippen molar-refractivity contribution in [2.75, 3.05) is 19.0 Å². The van der Waals surface area contributed by atoms with Crippen LogP contribution in [0.2, 0.25) is 10.0 Å². The van der Waals surface area contributed by atoms with Crippen LogP contribution in [0.4, 0.5) is 14.9 Å². The van der Waals surface area contributed by atoms with Gasteiger partial charge in [0.25, 0.3) is 11.1 Å². The molecule has 1 aliphatic heterocycles. The monoisotopic (exact) mass is 560 g/mol. The van der Waals surface area contributed by atoms with E-state index in [0.29, 0.717) is 33.6 Å². The van der Waals surface area contributed by atoms with Crippen LogP contribution in [0.25, 0.3) is 6.08 Å². The molecule has 4 rings (SSSR count). The van der Waals surface area contributed by atoms with Crippen LogP contribution in [0.15, 0.2) is 65.6 Å². The first-order valence-corrected chi connectivity index (χ1v) is 12.4. The Labute approximate surface area is 226 Å². The molecule has 11 heteroatoms. The third-order valence-electron chi connectivity index (χ3n) is 5.14. The molecule has 1 heterocycles. The molecule has 1 saturated heterocycles. The highest BCUT2D eigenvalue weighted by atomic mass is 35.5. The zero-order valence-electron chi connectivity index (χ0n) is 19.3. The number of carbonyl (C=O) groups excluding carboxylic acids is 3. The summed E-state index contributed by atoms with van der Waals surface area (Å²) in [5.41, 5.74) is 1.46. The maximum Gasteiger partial charge on any atom is 0.294 e. The zero-order chi connectivity index (χ0) is 26.5. The lowest BCUT2D eigenvalue weighted by Crippen LogP contribution is -2.36. The molecule has 1 aliphatic rings. The summed E-state index contributed by atoms with van der Waals surface area (Å²) in [5, 5.41) is 2.53. The van der Waals surface area contributed by atoms with E-state index in [1.54, 1.807) is 48.5 Å². The van der Waals surface area contributed by atoms with Crippen molar-refractivity contribution in [1.29, 1.82) is 0 Å². The molecular weight excluding hydrogens is 542 g/mol. The number of methoxy groups -OCH3 is 1. The van der Waals surface area contributed by atoms with E-state index in [9.17, 15) is 18.8 Å². The molecule has 0 spiro atoms. The van der Waals surface area contributed by atoms with Gasteiger partial charge in [0, 0.05) is 0 Å². The van der Waals surface area contributed by atoms with Crippen LogP contribution in [0.1, 0.15) is 11.1 Å². The van der Waals surface area contributed by atoms with Gasteiger partial charge in [0.15, 0.2) is 11.5 Å². The van der Waals surface area contributed by atoms with E-state index < -0.39 is 23.6 Å². The van der Waals surface area contributed by atoms with Crippen LogP contribution in [-0.2, 0) is 16.2 Å². The van der Waals surface area contributed by atoms with Gasteiger partial charge < -0.3 is 14.8 Å². The third kappa shape index (κ3) is 6.43. The number of hydrogen-bond donors (Lipinski definition) is 1. The predicted molar refractivity (Wildman–Crippen MR) is 141 cm³/mol. The maximum atomic E-state index is 13.4. The molecule has 1 N–H and O–H groups in total. The number of nitrogens with one attached hydrogen (secondary N) is 1. The number of imide groups is 1. The number of para-hydroxylation sites is 1. The second kappa shape index (κ2) is 11.7. The number of ether oxygens (including phenoxy) is 2. The average Bonchev–Trinajstić information content (AvgIpc) is 3.11. The van der Waals surface area contributed by atoms with Crippen molar-refractivity contribution < 1.29 is 28.2 Å². The molecule has 7 nitrogen and oxygen atoms in total. The van der Waals surface area contributed by atoms with Gasteiger partial charge in [-0.3, -0.25) is 19.3 Å². The summed E-state index contributed by atoms with van der Waals surface area (Å²) in [6, 6.07) is 15.7. The fourth-order valence-corrected chi connectivity index (χ4v) is 4.72. The van der Waals surface area contributed by atoms with Crippen molar-refractivity contribution in [3.05, 3.63) is 92.6 Å². The van der Waals surface area contributed by atoms with Crippen LogP contribution >= 0.6 is 35.0 Å².